The monoisotopic (exact) mass is 173 g/mol. The Kier molecular flexibility index (Phi) is 4.24. The van der Waals surface area contributed by atoms with Gasteiger partial charge >= 0.3 is 5.97 Å². The second kappa shape index (κ2) is 4.45. The van der Waals surface area contributed by atoms with Gasteiger partial charge in [-0.15, -0.1) is 0 Å². The molecule has 0 bridgehead atoms. The number of carboxylic acid groups (broad SMARTS) is 1. The Labute approximate surface area is 74.2 Å². The number of aliphatic carboxylic acids is 1. The minimum atomic E-state index is -0.758. The molecule has 0 spiro atoms. The lowest BCUT2D eigenvalue weighted by molar-refractivity contribution is -0.140. The summed E-state index contributed by atoms with van der Waals surface area (Å²) in [6.45, 7) is 7.90. The molecule has 0 rings (SSSR count). The fourth-order valence-corrected chi connectivity index (χ4v) is 1.07. The van der Waals surface area contributed by atoms with Crippen molar-refractivity contribution in [1.82, 2.24) is 5.32 Å². The van der Waals surface area contributed by atoms with Gasteiger partial charge in [-0.1, -0.05) is 13.3 Å². The first kappa shape index (κ1) is 11.4. The highest BCUT2D eigenvalue weighted by Crippen LogP contribution is 2.05. The normalized spacial score (nSPS) is 14.3. The van der Waals surface area contributed by atoms with Gasteiger partial charge in [0.25, 0.3) is 0 Å². The van der Waals surface area contributed by atoms with Crippen LogP contribution < -0.4 is 5.32 Å². The van der Waals surface area contributed by atoms with Gasteiger partial charge in [-0.3, -0.25) is 10.1 Å². The number of nitrogens with one attached hydrogen (secondary N) is 1. The minimum absolute atomic E-state index is 0.127. The zero-order valence-electron chi connectivity index (χ0n) is 8.35. The van der Waals surface area contributed by atoms with Crippen molar-refractivity contribution in [2.24, 2.45) is 0 Å². The molecule has 0 aliphatic rings. The van der Waals surface area contributed by atoms with Crippen molar-refractivity contribution in [2.75, 3.05) is 0 Å². The van der Waals surface area contributed by atoms with Gasteiger partial charge in [0.1, 0.15) is 6.04 Å². The van der Waals surface area contributed by atoms with E-state index in [1.165, 1.54) is 0 Å². The van der Waals surface area contributed by atoms with Crippen LogP contribution in [0.15, 0.2) is 0 Å². The molecular weight excluding hydrogens is 154 g/mol. The zero-order chi connectivity index (χ0) is 9.78. The van der Waals surface area contributed by atoms with Crippen LogP contribution in [0.1, 0.15) is 40.5 Å². The Hall–Kier alpha value is -0.570. The largest absolute Gasteiger partial charge is 0.480 e. The summed E-state index contributed by atoms with van der Waals surface area (Å²) in [5, 5.41) is 11.9. The summed E-state index contributed by atoms with van der Waals surface area (Å²) >= 11 is 0. The Bertz CT molecular complexity index is 149. The van der Waals surface area contributed by atoms with Gasteiger partial charge in [0.2, 0.25) is 0 Å². The first-order valence-corrected chi connectivity index (χ1v) is 4.37. The topological polar surface area (TPSA) is 49.3 Å². The number of hydrogen-bond acceptors (Lipinski definition) is 2. The molecular formula is C9H19NO2. The zero-order valence-corrected chi connectivity index (χ0v) is 8.35. The lowest BCUT2D eigenvalue weighted by Gasteiger charge is -2.25. The van der Waals surface area contributed by atoms with E-state index in [9.17, 15) is 4.79 Å². The molecule has 0 aliphatic carbocycles. The summed E-state index contributed by atoms with van der Waals surface area (Å²) in [5.41, 5.74) is -0.127. The Morgan fingerprint density at radius 2 is 2.00 bits per heavy atom. The molecule has 0 heterocycles. The van der Waals surface area contributed by atoms with E-state index in [0.29, 0.717) is 6.42 Å². The second-order valence-electron chi connectivity index (χ2n) is 4.07. The predicted octanol–water partition coefficient (Wildman–Crippen LogP) is 1.63. The van der Waals surface area contributed by atoms with Crippen LogP contribution in [0.2, 0.25) is 0 Å². The molecule has 12 heavy (non-hydrogen) atoms. The van der Waals surface area contributed by atoms with Crippen LogP contribution in [0.25, 0.3) is 0 Å². The maximum absolute atomic E-state index is 10.7. The van der Waals surface area contributed by atoms with Crippen LogP contribution in [0.4, 0.5) is 0 Å². The highest BCUT2D eigenvalue weighted by Gasteiger charge is 2.21. The van der Waals surface area contributed by atoms with Crippen molar-refractivity contribution in [2.45, 2.75) is 52.1 Å². The second-order valence-corrected chi connectivity index (χ2v) is 4.07. The van der Waals surface area contributed by atoms with Crippen LogP contribution in [0.5, 0.6) is 0 Å². The van der Waals surface area contributed by atoms with E-state index in [0.717, 1.165) is 6.42 Å². The van der Waals surface area contributed by atoms with Crippen LogP contribution in [-0.4, -0.2) is 22.7 Å². The summed E-state index contributed by atoms with van der Waals surface area (Å²) in [5.74, 6) is -0.758. The van der Waals surface area contributed by atoms with Crippen LogP contribution >= 0.6 is 0 Å². The first-order chi connectivity index (χ1) is 5.37. The number of hydrogen-bond donors (Lipinski definition) is 2. The smallest absolute Gasteiger partial charge is 0.320 e. The van der Waals surface area contributed by atoms with E-state index in [-0.39, 0.29) is 5.54 Å². The fourth-order valence-electron chi connectivity index (χ4n) is 1.07. The maximum atomic E-state index is 10.7. The molecule has 0 fully saturated rings. The third kappa shape index (κ3) is 5.13. The summed E-state index contributed by atoms with van der Waals surface area (Å²) in [4.78, 5) is 10.7. The number of carboxylic acids is 1. The van der Waals surface area contributed by atoms with Gasteiger partial charge in [0, 0.05) is 5.54 Å². The quantitative estimate of drug-likeness (QED) is 0.679. The van der Waals surface area contributed by atoms with Crippen LogP contribution in [-0.2, 0) is 4.79 Å². The first-order valence-electron chi connectivity index (χ1n) is 4.37. The van der Waals surface area contributed by atoms with Crippen molar-refractivity contribution in [3.63, 3.8) is 0 Å². The minimum Gasteiger partial charge on any atom is -0.480 e. The Morgan fingerprint density at radius 1 is 1.50 bits per heavy atom. The van der Waals surface area contributed by atoms with E-state index in [1.807, 2.05) is 27.7 Å². The van der Waals surface area contributed by atoms with E-state index >= 15 is 0 Å². The number of carbonyl (C=O) groups is 1. The highest BCUT2D eigenvalue weighted by molar-refractivity contribution is 5.73. The summed E-state index contributed by atoms with van der Waals surface area (Å²) in [6.07, 6.45) is 1.58. The van der Waals surface area contributed by atoms with Gasteiger partial charge < -0.3 is 5.11 Å². The Morgan fingerprint density at radius 3 is 2.25 bits per heavy atom. The molecule has 0 aromatic carbocycles. The molecule has 1 unspecified atom stereocenters. The van der Waals surface area contributed by atoms with E-state index < -0.39 is 12.0 Å². The van der Waals surface area contributed by atoms with Crippen molar-refractivity contribution in [1.29, 1.82) is 0 Å². The number of rotatable bonds is 4. The van der Waals surface area contributed by atoms with Crippen molar-refractivity contribution in [3.05, 3.63) is 0 Å². The highest BCUT2D eigenvalue weighted by atomic mass is 16.4. The molecule has 0 radical (unpaired) electrons. The lowest BCUT2D eigenvalue weighted by atomic mass is 10.0. The average Bonchev–Trinajstić information content (AvgIpc) is 1.83. The predicted molar refractivity (Wildman–Crippen MR) is 49.2 cm³/mol. The molecule has 2 N–H and O–H groups in total. The van der Waals surface area contributed by atoms with Gasteiger partial charge in [-0.2, -0.15) is 0 Å². The molecule has 0 aliphatic heterocycles. The molecule has 72 valence electrons. The summed E-state index contributed by atoms with van der Waals surface area (Å²) in [7, 11) is 0. The van der Waals surface area contributed by atoms with Crippen molar-refractivity contribution in [3.8, 4) is 0 Å². The standard InChI is InChI=1S/C9H19NO2/c1-5-6-7(8(11)12)10-9(2,3)4/h7,10H,5-6H2,1-4H3,(H,11,12). The molecule has 0 saturated carbocycles. The summed E-state index contributed by atoms with van der Waals surface area (Å²) in [6, 6.07) is -0.407. The molecule has 0 aromatic heterocycles. The molecule has 1 atom stereocenters. The summed E-state index contributed by atoms with van der Waals surface area (Å²) < 4.78 is 0. The third-order valence-corrected chi connectivity index (χ3v) is 1.48. The third-order valence-electron chi connectivity index (χ3n) is 1.48. The Balaban J connectivity index is 4.05. The van der Waals surface area contributed by atoms with Gasteiger partial charge in [0.05, 0.1) is 0 Å². The molecule has 3 heteroatoms. The van der Waals surface area contributed by atoms with Gasteiger partial charge in [-0.25, -0.2) is 0 Å². The molecule has 0 amide bonds. The van der Waals surface area contributed by atoms with Crippen LogP contribution in [0.3, 0.4) is 0 Å². The average molecular weight is 173 g/mol. The van der Waals surface area contributed by atoms with E-state index in [2.05, 4.69) is 5.32 Å². The molecule has 3 nitrogen and oxygen atoms in total. The van der Waals surface area contributed by atoms with E-state index in [4.69, 9.17) is 5.11 Å². The lowest BCUT2D eigenvalue weighted by Crippen LogP contribution is -2.47. The maximum Gasteiger partial charge on any atom is 0.320 e. The molecule has 0 aromatic rings. The van der Waals surface area contributed by atoms with Crippen molar-refractivity contribution >= 4 is 5.97 Å². The van der Waals surface area contributed by atoms with Crippen molar-refractivity contribution < 1.29 is 9.90 Å². The molecule has 0 saturated heterocycles. The SMILES string of the molecule is CCCC(NC(C)(C)C)C(=O)O. The van der Waals surface area contributed by atoms with E-state index in [1.54, 1.807) is 0 Å². The fraction of sp³-hybridized carbons (Fsp3) is 0.889. The van der Waals surface area contributed by atoms with Crippen LogP contribution in [0, 0.1) is 0 Å². The van der Waals surface area contributed by atoms with Gasteiger partial charge in [0.15, 0.2) is 0 Å². The van der Waals surface area contributed by atoms with Gasteiger partial charge in [-0.05, 0) is 27.2 Å².